The maximum absolute atomic E-state index is 6.77. The van der Waals surface area contributed by atoms with Crippen LogP contribution in [0.4, 0.5) is 17.1 Å². The molecule has 258 valence electrons. The number of nitrogens with zero attached hydrogens (tertiary/aromatic N) is 1. The lowest BCUT2D eigenvalue weighted by Crippen LogP contribution is -2.11. The van der Waals surface area contributed by atoms with Gasteiger partial charge in [0.05, 0.1) is 11.4 Å². The smallest absolute Gasteiger partial charge is 0.159 e. The SMILES string of the molecule is c1ccc(-c2ccc(N(c3ccc(-c4ccccc4)c4ccccc34)c3cccc4c3oc3ccccc34)cc2-c2cccc3c2sc2ccccc23)cc1. The number of furan rings is 1. The Kier molecular flexibility index (Phi) is 7.39. The highest BCUT2D eigenvalue weighted by molar-refractivity contribution is 7.26. The summed E-state index contributed by atoms with van der Waals surface area (Å²) in [5.41, 5.74) is 12.1. The van der Waals surface area contributed by atoms with Gasteiger partial charge in [0.15, 0.2) is 5.58 Å². The zero-order valence-electron chi connectivity index (χ0n) is 29.8. The zero-order valence-corrected chi connectivity index (χ0v) is 30.6. The van der Waals surface area contributed by atoms with Crippen molar-refractivity contribution in [2.45, 2.75) is 0 Å². The predicted molar refractivity (Wildman–Crippen MR) is 235 cm³/mol. The highest BCUT2D eigenvalue weighted by atomic mass is 32.1. The molecule has 9 aromatic carbocycles. The Morgan fingerprint density at radius 3 is 1.80 bits per heavy atom. The third-order valence-corrected chi connectivity index (χ3v) is 12.1. The highest BCUT2D eigenvalue weighted by Gasteiger charge is 2.24. The summed E-state index contributed by atoms with van der Waals surface area (Å²) in [5, 5.41) is 7.15. The van der Waals surface area contributed by atoms with E-state index in [1.165, 1.54) is 58.9 Å². The van der Waals surface area contributed by atoms with Gasteiger partial charge in [0, 0.05) is 47.6 Å². The van der Waals surface area contributed by atoms with E-state index in [2.05, 4.69) is 199 Å². The van der Waals surface area contributed by atoms with Crippen LogP contribution in [-0.2, 0) is 0 Å². The number of hydrogen-bond donors (Lipinski definition) is 0. The van der Waals surface area contributed by atoms with Crippen molar-refractivity contribution in [3.63, 3.8) is 0 Å². The van der Waals surface area contributed by atoms with Crippen LogP contribution in [0.1, 0.15) is 0 Å². The second-order valence-electron chi connectivity index (χ2n) is 14.0. The topological polar surface area (TPSA) is 16.4 Å². The summed E-state index contributed by atoms with van der Waals surface area (Å²) in [6.07, 6.45) is 0. The quantitative estimate of drug-likeness (QED) is 0.170. The molecule has 11 rings (SSSR count). The van der Waals surface area contributed by atoms with Gasteiger partial charge in [-0.3, -0.25) is 0 Å². The second-order valence-corrected chi connectivity index (χ2v) is 15.1. The summed E-state index contributed by atoms with van der Waals surface area (Å²) in [6, 6.07) is 72.1. The molecular formula is C52H33NOS. The molecule has 0 atom stereocenters. The summed E-state index contributed by atoms with van der Waals surface area (Å²) < 4.78 is 9.36. The minimum Gasteiger partial charge on any atom is -0.454 e. The molecule has 2 heterocycles. The Morgan fingerprint density at radius 2 is 0.982 bits per heavy atom. The third kappa shape index (κ3) is 5.16. The van der Waals surface area contributed by atoms with Crippen LogP contribution in [0.2, 0.25) is 0 Å². The molecule has 0 radical (unpaired) electrons. The van der Waals surface area contributed by atoms with Crippen LogP contribution in [0.3, 0.4) is 0 Å². The lowest BCUT2D eigenvalue weighted by Gasteiger charge is -2.28. The number of thiophene rings is 1. The van der Waals surface area contributed by atoms with Gasteiger partial charge >= 0.3 is 0 Å². The van der Waals surface area contributed by atoms with Gasteiger partial charge in [0.2, 0.25) is 0 Å². The summed E-state index contributed by atoms with van der Waals surface area (Å²) in [7, 11) is 0. The first-order chi connectivity index (χ1) is 27.3. The maximum Gasteiger partial charge on any atom is 0.159 e. The molecule has 55 heavy (non-hydrogen) atoms. The Balaban J connectivity index is 1.22. The molecule has 11 aromatic rings. The van der Waals surface area contributed by atoms with E-state index in [4.69, 9.17) is 4.42 Å². The van der Waals surface area contributed by atoms with E-state index >= 15 is 0 Å². The van der Waals surface area contributed by atoms with Crippen LogP contribution in [-0.4, -0.2) is 0 Å². The normalized spacial score (nSPS) is 11.6. The maximum atomic E-state index is 6.77. The molecule has 0 amide bonds. The van der Waals surface area contributed by atoms with Gasteiger partial charge in [-0.1, -0.05) is 164 Å². The van der Waals surface area contributed by atoms with E-state index in [9.17, 15) is 0 Å². The molecular weight excluding hydrogens is 687 g/mol. The first kappa shape index (κ1) is 31.6. The summed E-state index contributed by atoms with van der Waals surface area (Å²) in [4.78, 5) is 2.41. The molecule has 2 nitrogen and oxygen atoms in total. The number of hydrogen-bond acceptors (Lipinski definition) is 3. The number of benzene rings is 9. The Hall–Kier alpha value is -6.94. The number of anilines is 3. The molecule has 0 aliphatic rings. The van der Waals surface area contributed by atoms with Crippen LogP contribution < -0.4 is 4.90 Å². The molecule has 2 aromatic heterocycles. The molecule has 0 bridgehead atoms. The monoisotopic (exact) mass is 719 g/mol. The standard InChI is InChI=1S/C52H33NOS/c1-3-15-34(16-4-1)37-31-32-47(40-20-8-7-19-39(37)40)53(48-26-14-23-43-41-21-9-11-27-49(41)54-51(43)48)36-29-30-38(35-17-5-2-6-18-35)46(33-36)45-25-13-24-44-42-22-10-12-28-50(42)55-52(44)45/h1-33H. The van der Waals surface area contributed by atoms with Crippen molar-refractivity contribution in [2.24, 2.45) is 0 Å². The van der Waals surface area contributed by atoms with Gasteiger partial charge in [0.25, 0.3) is 0 Å². The molecule has 0 saturated heterocycles. The van der Waals surface area contributed by atoms with E-state index in [-0.39, 0.29) is 0 Å². The van der Waals surface area contributed by atoms with Crippen LogP contribution in [0, 0.1) is 0 Å². The van der Waals surface area contributed by atoms with Crippen molar-refractivity contribution >= 4 is 81.3 Å². The van der Waals surface area contributed by atoms with Gasteiger partial charge < -0.3 is 9.32 Å². The van der Waals surface area contributed by atoms with Gasteiger partial charge in [0.1, 0.15) is 5.58 Å². The molecule has 0 aliphatic carbocycles. The van der Waals surface area contributed by atoms with E-state index in [0.717, 1.165) is 44.4 Å². The van der Waals surface area contributed by atoms with E-state index in [1.54, 1.807) is 0 Å². The van der Waals surface area contributed by atoms with Crippen molar-refractivity contribution in [1.82, 2.24) is 0 Å². The molecule has 3 heteroatoms. The van der Waals surface area contributed by atoms with Crippen LogP contribution in [0.25, 0.3) is 86.3 Å². The van der Waals surface area contributed by atoms with Crippen LogP contribution in [0.5, 0.6) is 0 Å². The predicted octanol–water partition coefficient (Wildman–Crippen LogP) is 15.6. The summed E-state index contributed by atoms with van der Waals surface area (Å²) in [5.74, 6) is 0. The van der Waals surface area contributed by atoms with Gasteiger partial charge in [-0.2, -0.15) is 0 Å². The summed E-state index contributed by atoms with van der Waals surface area (Å²) in [6.45, 7) is 0. The van der Waals surface area contributed by atoms with Crippen molar-refractivity contribution in [2.75, 3.05) is 4.90 Å². The van der Waals surface area contributed by atoms with Gasteiger partial charge in [-0.05, 0) is 69.6 Å². The first-order valence-electron chi connectivity index (χ1n) is 18.7. The Labute approximate surface area is 322 Å². The zero-order chi connectivity index (χ0) is 36.3. The molecule has 0 unspecified atom stereocenters. The van der Waals surface area contributed by atoms with Crippen molar-refractivity contribution in [1.29, 1.82) is 0 Å². The molecule has 0 saturated carbocycles. The average Bonchev–Trinajstić information content (AvgIpc) is 3.84. The summed E-state index contributed by atoms with van der Waals surface area (Å²) >= 11 is 1.87. The minimum absolute atomic E-state index is 0.861. The highest BCUT2D eigenvalue weighted by Crippen LogP contribution is 2.49. The van der Waals surface area contributed by atoms with E-state index in [1.807, 2.05) is 17.4 Å². The number of fused-ring (bicyclic) bond motifs is 7. The van der Waals surface area contributed by atoms with Crippen molar-refractivity contribution in [3.8, 4) is 33.4 Å². The van der Waals surface area contributed by atoms with Crippen molar-refractivity contribution < 1.29 is 4.42 Å². The van der Waals surface area contributed by atoms with Gasteiger partial charge in [-0.25, -0.2) is 0 Å². The number of para-hydroxylation sites is 2. The largest absolute Gasteiger partial charge is 0.454 e. The van der Waals surface area contributed by atoms with Crippen LogP contribution in [0.15, 0.2) is 205 Å². The minimum atomic E-state index is 0.861. The van der Waals surface area contributed by atoms with E-state index < -0.39 is 0 Å². The third-order valence-electron chi connectivity index (χ3n) is 10.9. The molecule has 0 aliphatic heterocycles. The Morgan fingerprint density at radius 1 is 0.364 bits per heavy atom. The fourth-order valence-electron chi connectivity index (χ4n) is 8.39. The Bertz CT molecular complexity index is 3210. The lowest BCUT2D eigenvalue weighted by atomic mass is 9.92. The average molecular weight is 720 g/mol. The van der Waals surface area contributed by atoms with Crippen LogP contribution >= 0.6 is 11.3 Å². The molecule has 0 fully saturated rings. The fraction of sp³-hybridized carbons (Fsp3) is 0. The van der Waals surface area contributed by atoms with E-state index in [0.29, 0.717) is 0 Å². The lowest BCUT2D eigenvalue weighted by molar-refractivity contribution is 0.669. The fourth-order valence-corrected chi connectivity index (χ4v) is 9.62. The van der Waals surface area contributed by atoms with Gasteiger partial charge in [-0.15, -0.1) is 11.3 Å². The second kappa shape index (κ2) is 12.9. The first-order valence-corrected chi connectivity index (χ1v) is 19.5. The number of rotatable bonds is 6. The van der Waals surface area contributed by atoms with Crippen molar-refractivity contribution in [3.05, 3.63) is 200 Å². The molecule has 0 N–H and O–H groups in total. The molecule has 0 spiro atoms.